The van der Waals surface area contributed by atoms with Crippen molar-refractivity contribution < 1.29 is 9.18 Å². The van der Waals surface area contributed by atoms with Gasteiger partial charge in [0.15, 0.2) is 0 Å². The quantitative estimate of drug-likeness (QED) is 0.428. The second-order valence-electron chi connectivity index (χ2n) is 8.66. The van der Waals surface area contributed by atoms with E-state index in [-0.39, 0.29) is 16.7 Å². The fraction of sp³-hybridized carbons (Fsp3) is 0.333. The fourth-order valence-corrected chi connectivity index (χ4v) is 4.30. The maximum absolute atomic E-state index is 15.1. The molecule has 1 aliphatic heterocycles. The summed E-state index contributed by atoms with van der Waals surface area (Å²) >= 11 is 0. The van der Waals surface area contributed by atoms with Crippen molar-refractivity contribution in [3.05, 3.63) is 70.6 Å². The van der Waals surface area contributed by atoms with E-state index in [4.69, 9.17) is 0 Å². The monoisotopic (exact) mass is 431 g/mol. The van der Waals surface area contributed by atoms with Gasteiger partial charge in [0.2, 0.25) is 0 Å². The molecule has 0 saturated heterocycles. The predicted molar refractivity (Wildman–Crippen MR) is 130 cm³/mol. The zero-order valence-electron chi connectivity index (χ0n) is 19.4. The summed E-state index contributed by atoms with van der Waals surface area (Å²) in [6.07, 6.45) is 5.20. The summed E-state index contributed by atoms with van der Waals surface area (Å²) in [6.45, 7) is 11.1. The molecule has 2 aromatic carbocycles. The molecule has 0 radical (unpaired) electrons. The first-order chi connectivity index (χ1) is 15.2. The number of halogens is 1. The molecule has 0 aliphatic carbocycles. The number of aryl methyl sites for hydroxylation is 1. The highest BCUT2D eigenvalue weighted by molar-refractivity contribution is 6.10. The largest absolute Gasteiger partial charge is 0.362 e. The van der Waals surface area contributed by atoms with Crippen LogP contribution in [-0.4, -0.2) is 18.0 Å². The number of nitriles is 1. The smallest absolute Gasteiger partial charge is 0.266 e. The number of allylic oxidation sites excluding steroid dienone is 1. The van der Waals surface area contributed by atoms with Gasteiger partial charge in [-0.25, -0.2) is 4.39 Å². The maximum atomic E-state index is 15.1. The van der Waals surface area contributed by atoms with Gasteiger partial charge in [0.05, 0.1) is 5.54 Å². The van der Waals surface area contributed by atoms with E-state index in [9.17, 15) is 10.1 Å². The van der Waals surface area contributed by atoms with Gasteiger partial charge in [-0.3, -0.25) is 4.79 Å². The molecule has 1 aliphatic rings. The van der Waals surface area contributed by atoms with Crippen LogP contribution in [0.3, 0.4) is 0 Å². The second kappa shape index (κ2) is 9.40. The summed E-state index contributed by atoms with van der Waals surface area (Å²) in [6, 6.07) is 12.6. The lowest BCUT2D eigenvalue weighted by molar-refractivity contribution is -0.112. The van der Waals surface area contributed by atoms with E-state index in [1.807, 2.05) is 38.1 Å². The van der Waals surface area contributed by atoms with Gasteiger partial charge in [0.1, 0.15) is 17.5 Å². The van der Waals surface area contributed by atoms with Crippen LogP contribution in [0.1, 0.15) is 57.7 Å². The first-order valence-corrected chi connectivity index (χ1v) is 11.0. The molecule has 1 amide bonds. The molecule has 1 N–H and O–H groups in total. The van der Waals surface area contributed by atoms with Crippen molar-refractivity contribution in [3.8, 4) is 6.07 Å². The zero-order chi connectivity index (χ0) is 23.5. The number of nitrogens with zero attached hydrogens (tertiary/aromatic N) is 2. The molecule has 166 valence electrons. The van der Waals surface area contributed by atoms with E-state index in [1.54, 1.807) is 12.1 Å². The summed E-state index contributed by atoms with van der Waals surface area (Å²) in [5.74, 6) is -1.00. The first-order valence-electron chi connectivity index (χ1n) is 11.0. The zero-order valence-corrected chi connectivity index (χ0v) is 19.4. The second-order valence-corrected chi connectivity index (χ2v) is 8.66. The Morgan fingerprint density at radius 3 is 2.62 bits per heavy atom. The van der Waals surface area contributed by atoms with Gasteiger partial charge in [-0.1, -0.05) is 38.1 Å². The van der Waals surface area contributed by atoms with Crippen molar-refractivity contribution in [2.24, 2.45) is 0 Å². The SMILES string of the molecule is CCCN1c2cc(F)c(/C=C(\C#N)C(=O)Nc3ccccc3CC)cc2C(C)=CC1(C)C. The topological polar surface area (TPSA) is 56.1 Å². The van der Waals surface area contributed by atoms with Crippen LogP contribution in [-0.2, 0) is 11.2 Å². The summed E-state index contributed by atoms with van der Waals surface area (Å²) in [7, 11) is 0. The third-order valence-corrected chi connectivity index (χ3v) is 5.85. The van der Waals surface area contributed by atoms with Crippen LogP contribution in [0.15, 0.2) is 48.0 Å². The normalized spacial score (nSPS) is 15.0. The van der Waals surface area contributed by atoms with Crippen LogP contribution in [0.4, 0.5) is 15.8 Å². The minimum absolute atomic E-state index is 0.141. The Hall–Kier alpha value is -3.39. The molecule has 0 spiro atoms. The van der Waals surface area contributed by atoms with Crippen molar-refractivity contribution in [1.82, 2.24) is 0 Å². The van der Waals surface area contributed by atoms with Crippen LogP contribution in [0, 0.1) is 17.1 Å². The first kappa shape index (κ1) is 23.3. The molecule has 0 aromatic heterocycles. The average Bonchev–Trinajstić information content (AvgIpc) is 2.75. The molecule has 2 aromatic rings. The highest BCUT2D eigenvalue weighted by atomic mass is 19.1. The van der Waals surface area contributed by atoms with E-state index in [1.165, 1.54) is 12.1 Å². The minimum Gasteiger partial charge on any atom is -0.362 e. The Kier molecular flexibility index (Phi) is 6.84. The lowest BCUT2D eigenvalue weighted by Crippen LogP contribution is -2.45. The van der Waals surface area contributed by atoms with Gasteiger partial charge < -0.3 is 10.2 Å². The number of carbonyl (C=O) groups excluding carboxylic acids is 1. The van der Waals surface area contributed by atoms with Gasteiger partial charge >= 0.3 is 0 Å². The van der Waals surface area contributed by atoms with E-state index < -0.39 is 11.7 Å². The van der Waals surface area contributed by atoms with E-state index in [0.717, 1.165) is 41.8 Å². The van der Waals surface area contributed by atoms with Crippen LogP contribution in [0.25, 0.3) is 11.6 Å². The van der Waals surface area contributed by atoms with Crippen LogP contribution in [0.2, 0.25) is 0 Å². The molecule has 3 rings (SSSR count). The number of hydrogen-bond acceptors (Lipinski definition) is 3. The van der Waals surface area contributed by atoms with Gasteiger partial charge in [0.25, 0.3) is 5.91 Å². The number of hydrogen-bond donors (Lipinski definition) is 1. The van der Waals surface area contributed by atoms with Crippen LogP contribution < -0.4 is 10.2 Å². The number of fused-ring (bicyclic) bond motifs is 1. The molecule has 32 heavy (non-hydrogen) atoms. The standard InChI is InChI=1S/C27H30FN3O/c1-6-12-31-25-15-23(28)20(14-22(25)18(3)16-27(31,4)5)13-21(17-29)26(32)30-24-11-9-8-10-19(24)7-2/h8-11,13-16H,6-7,12H2,1-5H3,(H,30,32)/b21-13+. The Bertz CT molecular complexity index is 1140. The summed E-state index contributed by atoms with van der Waals surface area (Å²) in [5, 5.41) is 12.4. The van der Waals surface area contributed by atoms with Gasteiger partial charge in [-0.05, 0) is 69.0 Å². The molecule has 0 bridgehead atoms. The van der Waals surface area contributed by atoms with Gasteiger partial charge in [0, 0.05) is 29.0 Å². The van der Waals surface area contributed by atoms with Crippen molar-refractivity contribution in [3.63, 3.8) is 0 Å². The summed E-state index contributed by atoms with van der Waals surface area (Å²) in [4.78, 5) is 15.0. The molecular weight excluding hydrogens is 401 g/mol. The van der Waals surface area contributed by atoms with Crippen LogP contribution in [0.5, 0.6) is 0 Å². The Labute approximate surface area is 190 Å². The maximum Gasteiger partial charge on any atom is 0.266 e. The molecule has 0 fully saturated rings. The van der Waals surface area contributed by atoms with E-state index in [0.29, 0.717) is 5.69 Å². The highest BCUT2D eigenvalue weighted by Gasteiger charge is 2.31. The number of para-hydroxylation sites is 1. The van der Waals surface area contributed by atoms with Gasteiger partial charge in [-0.15, -0.1) is 0 Å². The summed E-state index contributed by atoms with van der Waals surface area (Å²) in [5.41, 5.74) is 4.29. The number of amides is 1. The molecule has 0 atom stereocenters. The minimum atomic E-state index is -0.550. The molecule has 5 heteroatoms. The highest BCUT2D eigenvalue weighted by Crippen LogP contribution is 2.40. The number of anilines is 2. The Morgan fingerprint density at radius 2 is 1.97 bits per heavy atom. The molecule has 0 unspecified atom stereocenters. The number of rotatable bonds is 6. The van der Waals surface area contributed by atoms with Crippen molar-refractivity contribution in [2.75, 3.05) is 16.8 Å². The summed E-state index contributed by atoms with van der Waals surface area (Å²) < 4.78 is 15.1. The van der Waals surface area contributed by atoms with Crippen molar-refractivity contribution >= 4 is 28.9 Å². The molecule has 1 heterocycles. The fourth-order valence-electron chi connectivity index (χ4n) is 4.30. The third kappa shape index (κ3) is 4.60. The third-order valence-electron chi connectivity index (χ3n) is 5.85. The molecule has 4 nitrogen and oxygen atoms in total. The van der Waals surface area contributed by atoms with Gasteiger partial charge in [-0.2, -0.15) is 5.26 Å². The van der Waals surface area contributed by atoms with Crippen molar-refractivity contribution in [1.29, 1.82) is 5.26 Å². The average molecular weight is 432 g/mol. The lowest BCUT2D eigenvalue weighted by Gasteiger charge is -2.43. The Balaban J connectivity index is 2.00. The van der Waals surface area contributed by atoms with E-state index in [2.05, 4.69) is 37.1 Å². The predicted octanol–water partition coefficient (Wildman–Crippen LogP) is 6.35. The number of benzene rings is 2. The van der Waals surface area contributed by atoms with Crippen LogP contribution >= 0.6 is 0 Å². The molecular formula is C27H30FN3O. The number of carbonyl (C=O) groups is 1. The Morgan fingerprint density at radius 1 is 1.25 bits per heavy atom. The van der Waals surface area contributed by atoms with E-state index >= 15 is 4.39 Å². The lowest BCUT2D eigenvalue weighted by atomic mass is 9.87. The van der Waals surface area contributed by atoms with Crippen molar-refractivity contribution in [2.45, 2.75) is 53.0 Å². The number of nitrogens with one attached hydrogen (secondary N) is 1. The molecule has 0 saturated carbocycles.